The molecule has 0 aliphatic carbocycles. The van der Waals surface area contributed by atoms with Crippen LogP contribution in [0.1, 0.15) is 20.3 Å². The molecule has 0 bridgehead atoms. The predicted molar refractivity (Wildman–Crippen MR) is 46.6 cm³/mol. The van der Waals surface area contributed by atoms with Gasteiger partial charge in [-0.15, -0.1) is 0 Å². The maximum Gasteiger partial charge on any atom is 0.287 e. The number of hydrogen-bond donors (Lipinski definition) is 2. The Morgan fingerprint density at radius 3 is 2.31 bits per heavy atom. The Labute approximate surface area is 76.7 Å². The number of amides is 2. The number of carbonyl (C=O) groups is 3. The minimum absolute atomic E-state index is 0.209. The molecular formula is C8H14N2O3. The van der Waals surface area contributed by atoms with Gasteiger partial charge >= 0.3 is 0 Å². The Balaban J connectivity index is 4.31. The largest absolute Gasteiger partial charge is 0.363 e. The fraction of sp³-hybridized carbons (Fsp3) is 0.625. The predicted octanol–water partition coefficient (Wildman–Crippen LogP) is -0.798. The molecular weight excluding hydrogens is 172 g/mol. The summed E-state index contributed by atoms with van der Waals surface area (Å²) >= 11 is 0. The van der Waals surface area contributed by atoms with E-state index in [9.17, 15) is 14.4 Å². The average molecular weight is 186 g/mol. The third-order valence-electron chi connectivity index (χ3n) is 1.54. The Morgan fingerprint density at radius 2 is 2.00 bits per heavy atom. The van der Waals surface area contributed by atoms with Gasteiger partial charge in [0.1, 0.15) is 0 Å². The molecule has 0 rings (SSSR count). The van der Waals surface area contributed by atoms with Crippen molar-refractivity contribution in [2.45, 2.75) is 26.3 Å². The van der Waals surface area contributed by atoms with Gasteiger partial charge in [-0.25, -0.2) is 0 Å². The van der Waals surface area contributed by atoms with Crippen molar-refractivity contribution in [2.24, 2.45) is 11.7 Å². The SMILES string of the molecule is CC(C)CC(NC=O)C(=O)C(N)=O. The smallest absolute Gasteiger partial charge is 0.287 e. The molecule has 1 atom stereocenters. The van der Waals surface area contributed by atoms with Gasteiger partial charge in [0, 0.05) is 0 Å². The molecule has 0 spiro atoms. The van der Waals surface area contributed by atoms with E-state index in [1.165, 1.54) is 0 Å². The van der Waals surface area contributed by atoms with E-state index in [4.69, 9.17) is 5.73 Å². The molecule has 3 N–H and O–H groups in total. The number of hydrogen-bond acceptors (Lipinski definition) is 3. The van der Waals surface area contributed by atoms with Gasteiger partial charge in [-0.05, 0) is 12.3 Å². The average Bonchev–Trinajstić information content (AvgIpc) is 2.01. The van der Waals surface area contributed by atoms with Crippen LogP contribution in [0.25, 0.3) is 0 Å². The van der Waals surface area contributed by atoms with E-state index in [1.54, 1.807) is 0 Å². The molecule has 0 aromatic carbocycles. The summed E-state index contributed by atoms with van der Waals surface area (Å²) in [5, 5.41) is 2.26. The highest BCUT2D eigenvalue weighted by Gasteiger charge is 2.22. The summed E-state index contributed by atoms with van der Waals surface area (Å²) in [6.45, 7) is 3.77. The van der Waals surface area contributed by atoms with Crippen LogP contribution >= 0.6 is 0 Å². The lowest BCUT2D eigenvalue weighted by atomic mass is 10.0. The lowest BCUT2D eigenvalue weighted by molar-refractivity contribution is -0.137. The number of primary amides is 1. The van der Waals surface area contributed by atoms with Crippen LogP contribution in [0.2, 0.25) is 0 Å². The third kappa shape index (κ3) is 4.25. The maximum absolute atomic E-state index is 11.1. The van der Waals surface area contributed by atoms with Crippen LogP contribution in [0.5, 0.6) is 0 Å². The van der Waals surface area contributed by atoms with Crippen LogP contribution in [-0.4, -0.2) is 24.1 Å². The molecule has 0 aliphatic heterocycles. The minimum Gasteiger partial charge on any atom is -0.363 e. The van der Waals surface area contributed by atoms with Crippen LogP contribution in [0.3, 0.4) is 0 Å². The van der Waals surface area contributed by atoms with E-state index < -0.39 is 17.7 Å². The van der Waals surface area contributed by atoms with Crippen LogP contribution in [-0.2, 0) is 14.4 Å². The van der Waals surface area contributed by atoms with E-state index in [0.29, 0.717) is 12.8 Å². The van der Waals surface area contributed by atoms with Gasteiger partial charge in [-0.3, -0.25) is 14.4 Å². The topological polar surface area (TPSA) is 89.3 Å². The minimum atomic E-state index is -1.01. The molecule has 74 valence electrons. The van der Waals surface area contributed by atoms with Crippen LogP contribution in [0, 0.1) is 5.92 Å². The fourth-order valence-electron chi connectivity index (χ4n) is 0.976. The number of Topliss-reactive ketones (excluding diaryl/α,β-unsaturated/α-hetero) is 1. The molecule has 0 radical (unpaired) electrons. The highest BCUT2D eigenvalue weighted by atomic mass is 16.2. The molecule has 0 saturated carbocycles. The second-order valence-electron chi connectivity index (χ2n) is 3.20. The second kappa shape index (κ2) is 5.29. The number of carbonyl (C=O) groups excluding carboxylic acids is 3. The molecule has 0 aromatic heterocycles. The quantitative estimate of drug-likeness (QED) is 0.420. The molecule has 1 unspecified atom stereocenters. The first-order chi connectivity index (χ1) is 5.99. The van der Waals surface area contributed by atoms with Crippen LogP contribution in [0.15, 0.2) is 0 Å². The van der Waals surface area contributed by atoms with Gasteiger partial charge in [0.15, 0.2) is 0 Å². The summed E-state index contributed by atoms with van der Waals surface area (Å²) < 4.78 is 0. The molecule has 0 heterocycles. The zero-order chi connectivity index (χ0) is 10.4. The highest BCUT2D eigenvalue weighted by molar-refractivity contribution is 6.37. The lowest BCUT2D eigenvalue weighted by Gasteiger charge is -2.14. The van der Waals surface area contributed by atoms with E-state index >= 15 is 0 Å². The Kier molecular flexibility index (Phi) is 4.72. The standard InChI is InChI=1S/C8H14N2O3/c1-5(2)3-6(10-4-11)7(12)8(9)13/h4-6H,3H2,1-2H3,(H2,9,13)(H,10,11). The van der Waals surface area contributed by atoms with Crippen molar-refractivity contribution in [2.75, 3.05) is 0 Å². The first-order valence-electron chi connectivity index (χ1n) is 4.02. The summed E-state index contributed by atoms with van der Waals surface area (Å²) in [7, 11) is 0. The van der Waals surface area contributed by atoms with Gasteiger partial charge in [0.25, 0.3) is 5.91 Å². The van der Waals surface area contributed by atoms with E-state index in [1.807, 2.05) is 13.8 Å². The van der Waals surface area contributed by atoms with E-state index in [2.05, 4.69) is 5.32 Å². The molecule has 5 nitrogen and oxygen atoms in total. The van der Waals surface area contributed by atoms with Crippen molar-refractivity contribution in [3.8, 4) is 0 Å². The molecule has 13 heavy (non-hydrogen) atoms. The van der Waals surface area contributed by atoms with Gasteiger partial charge in [0.2, 0.25) is 12.2 Å². The lowest BCUT2D eigenvalue weighted by Crippen LogP contribution is -2.43. The van der Waals surface area contributed by atoms with E-state index in [-0.39, 0.29) is 5.92 Å². The normalized spacial score (nSPS) is 12.2. The number of nitrogens with one attached hydrogen (secondary N) is 1. The van der Waals surface area contributed by atoms with Crippen LogP contribution < -0.4 is 11.1 Å². The van der Waals surface area contributed by atoms with Gasteiger partial charge in [-0.1, -0.05) is 13.8 Å². The Hall–Kier alpha value is -1.39. The molecule has 0 aromatic rings. The van der Waals surface area contributed by atoms with Gasteiger partial charge in [-0.2, -0.15) is 0 Å². The molecule has 0 saturated heterocycles. The summed E-state index contributed by atoms with van der Waals surface area (Å²) in [5.41, 5.74) is 4.80. The van der Waals surface area contributed by atoms with Crippen molar-refractivity contribution >= 4 is 18.1 Å². The molecule has 0 aliphatic rings. The highest BCUT2D eigenvalue weighted by Crippen LogP contribution is 2.04. The Bertz CT molecular complexity index is 213. The maximum atomic E-state index is 11.1. The number of rotatable bonds is 6. The van der Waals surface area contributed by atoms with Crippen molar-refractivity contribution < 1.29 is 14.4 Å². The third-order valence-corrected chi connectivity index (χ3v) is 1.54. The van der Waals surface area contributed by atoms with Crippen LogP contribution in [0.4, 0.5) is 0 Å². The van der Waals surface area contributed by atoms with Crippen molar-refractivity contribution in [1.29, 1.82) is 0 Å². The van der Waals surface area contributed by atoms with Crippen molar-refractivity contribution in [3.05, 3.63) is 0 Å². The van der Waals surface area contributed by atoms with Crippen molar-refractivity contribution in [3.63, 3.8) is 0 Å². The monoisotopic (exact) mass is 186 g/mol. The van der Waals surface area contributed by atoms with Gasteiger partial charge in [0.05, 0.1) is 6.04 Å². The first kappa shape index (κ1) is 11.6. The summed E-state index contributed by atoms with van der Waals surface area (Å²) in [6, 6.07) is -0.782. The summed E-state index contributed by atoms with van der Waals surface area (Å²) in [6.07, 6.45) is 0.814. The second-order valence-corrected chi connectivity index (χ2v) is 3.20. The molecule has 0 fully saturated rings. The molecule has 5 heteroatoms. The zero-order valence-electron chi connectivity index (χ0n) is 7.74. The van der Waals surface area contributed by atoms with Crippen molar-refractivity contribution in [1.82, 2.24) is 5.32 Å². The molecule has 2 amide bonds. The zero-order valence-corrected chi connectivity index (χ0v) is 7.74. The first-order valence-corrected chi connectivity index (χ1v) is 4.02. The number of ketones is 1. The van der Waals surface area contributed by atoms with Gasteiger partial charge < -0.3 is 11.1 Å². The summed E-state index contributed by atoms with van der Waals surface area (Å²) in [4.78, 5) is 31.7. The van der Waals surface area contributed by atoms with E-state index in [0.717, 1.165) is 0 Å². The fourth-order valence-corrected chi connectivity index (χ4v) is 0.976. The Morgan fingerprint density at radius 1 is 1.46 bits per heavy atom. The number of nitrogens with two attached hydrogens (primary N) is 1. The summed E-state index contributed by atoms with van der Waals surface area (Å²) in [5.74, 6) is -1.55.